The number of thiazole rings is 1. The molecule has 3 unspecified atom stereocenters. The molecule has 1 fully saturated rings. The number of carbonyl (C=O) groups excluding carboxylic acids is 4. The number of hydrogen-bond donors (Lipinski definition) is 3. The molecule has 3 N–H and O–H groups in total. The van der Waals surface area contributed by atoms with Crippen LogP contribution in [0, 0.1) is 0 Å². The van der Waals surface area contributed by atoms with Crippen LogP contribution in [-0.4, -0.2) is 45.3 Å². The van der Waals surface area contributed by atoms with E-state index in [0.29, 0.717) is 11.3 Å². The standard InChI is InChI=1S/C25H23F2N5O4S/c1-25(27)9-15(26)3-5-17(25)18-12-37-24(29-18)31-23(36)28-10-13-2-4-16-14(8-13)11-32(22(16)35)19-6-7-20(33)30-21(19)34/h2-5,8-9,12,17,19H,6-7,10-11H2,1H3,(H,30,33,34)(H2,28,29,31,36). The van der Waals surface area contributed by atoms with E-state index >= 15 is 0 Å². The van der Waals surface area contributed by atoms with Gasteiger partial charge < -0.3 is 10.2 Å². The highest BCUT2D eigenvalue weighted by atomic mass is 32.1. The monoisotopic (exact) mass is 527 g/mol. The molecule has 192 valence electrons. The van der Waals surface area contributed by atoms with Crippen molar-refractivity contribution in [1.82, 2.24) is 20.5 Å². The van der Waals surface area contributed by atoms with Gasteiger partial charge in [-0.15, -0.1) is 11.3 Å². The molecular weight excluding hydrogens is 504 g/mol. The van der Waals surface area contributed by atoms with Crippen LogP contribution in [0.5, 0.6) is 0 Å². The molecule has 37 heavy (non-hydrogen) atoms. The fourth-order valence-corrected chi connectivity index (χ4v) is 5.46. The van der Waals surface area contributed by atoms with Gasteiger partial charge in [-0.3, -0.25) is 25.0 Å². The molecule has 5 amide bonds. The lowest BCUT2D eigenvalue weighted by Gasteiger charge is -2.29. The van der Waals surface area contributed by atoms with Crippen LogP contribution in [0.4, 0.5) is 18.7 Å². The SMILES string of the molecule is CC1(F)C=C(F)C=CC1c1csc(NC(=O)NCc2ccc3c(c2)CN(C2CCC(=O)NC2=O)C3=O)n1. The smallest absolute Gasteiger partial charge is 0.321 e. The summed E-state index contributed by atoms with van der Waals surface area (Å²) in [5, 5.41) is 9.49. The number of piperidine rings is 1. The largest absolute Gasteiger partial charge is 0.334 e. The van der Waals surface area contributed by atoms with E-state index < -0.39 is 35.4 Å². The van der Waals surface area contributed by atoms with E-state index in [1.807, 2.05) is 0 Å². The minimum Gasteiger partial charge on any atom is -0.334 e. The van der Waals surface area contributed by atoms with Gasteiger partial charge in [-0.05, 0) is 42.7 Å². The molecule has 1 aromatic carbocycles. The fraction of sp³-hybridized carbons (Fsp3) is 0.320. The van der Waals surface area contributed by atoms with Crippen LogP contribution in [0.15, 0.2) is 47.6 Å². The van der Waals surface area contributed by atoms with Gasteiger partial charge >= 0.3 is 6.03 Å². The van der Waals surface area contributed by atoms with Crippen LogP contribution in [-0.2, 0) is 22.7 Å². The number of allylic oxidation sites excluding steroid dienone is 4. The maximum absolute atomic E-state index is 14.8. The molecule has 12 heteroatoms. The Balaban J connectivity index is 1.18. The van der Waals surface area contributed by atoms with Gasteiger partial charge in [0.25, 0.3) is 5.91 Å². The second kappa shape index (κ2) is 9.51. The first kappa shape index (κ1) is 24.8. The van der Waals surface area contributed by atoms with Crippen molar-refractivity contribution in [1.29, 1.82) is 0 Å². The topological polar surface area (TPSA) is 120 Å². The summed E-state index contributed by atoms with van der Waals surface area (Å²) in [6.07, 6.45) is 3.98. The number of amides is 5. The number of nitrogens with one attached hydrogen (secondary N) is 3. The second-order valence-electron chi connectivity index (χ2n) is 9.29. The number of halogens is 2. The zero-order valence-corrected chi connectivity index (χ0v) is 20.5. The van der Waals surface area contributed by atoms with Crippen molar-refractivity contribution in [2.75, 3.05) is 5.32 Å². The molecule has 0 radical (unpaired) electrons. The maximum atomic E-state index is 14.8. The summed E-state index contributed by atoms with van der Waals surface area (Å²) in [4.78, 5) is 54.6. The van der Waals surface area contributed by atoms with Crippen molar-refractivity contribution in [2.24, 2.45) is 0 Å². The van der Waals surface area contributed by atoms with Gasteiger partial charge in [-0.2, -0.15) is 0 Å². The van der Waals surface area contributed by atoms with E-state index in [1.165, 1.54) is 24.0 Å². The van der Waals surface area contributed by atoms with Crippen molar-refractivity contribution in [2.45, 2.75) is 50.5 Å². The summed E-state index contributed by atoms with van der Waals surface area (Å²) >= 11 is 1.13. The van der Waals surface area contributed by atoms with E-state index in [2.05, 4.69) is 20.9 Å². The molecular formula is C25H23F2N5O4S. The molecule has 5 rings (SSSR count). The Kier molecular flexibility index (Phi) is 6.36. The minimum atomic E-state index is -1.94. The molecule has 3 atom stereocenters. The Bertz CT molecular complexity index is 1370. The summed E-state index contributed by atoms with van der Waals surface area (Å²) in [6, 6.07) is 3.97. The van der Waals surface area contributed by atoms with Crippen molar-refractivity contribution < 1.29 is 28.0 Å². The van der Waals surface area contributed by atoms with Crippen molar-refractivity contribution in [3.05, 3.63) is 70.0 Å². The number of carbonyl (C=O) groups is 4. The number of urea groups is 1. The minimum absolute atomic E-state index is 0.169. The summed E-state index contributed by atoms with van der Waals surface area (Å²) in [5.74, 6) is -2.49. The van der Waals surface area contributed by atoms with Crippen LogP contribution < -0.4 is 16.0 Å². The van der Waals surface area contributed by atoms with Gasteiger partial charge in [0.1, 0.15) is 17.5 Å². The number of anilines is 1. The molecule has 1 aromatic heterocycles. The highest BCUT2D eigenvalue weighted by Crippen LogP contribution is 2.39. The maximum Gasteiger partial charge on any atom is 0.321 e. The zero-order chi connectivity index (χ0) is 26.3. The quantitative estimate of drug-likeness (QED) is 0.515. The lowest BCUT2D eigenvalue weighted by Crippen LogP contribution is -2.52. The van der Waals surface area contributed by atoms with Gasteiger partial charge in [-0.25, -0.2) is 18.6 Å². The number of benzene rings is 1. The van der Waals surface area contributed by atoms with E-state index in [1.54, 1.807) is 23.6 Å². The van der Waals surface area contributed by atoms with Gasteiger partial charge in [0.15, 0.2) is 5.13 Å². The average molecular weight is 528 g/mol. The number of alkyl halides is 1. The fourth-order valence-electron chi connectivity index (χ4n) is 4.72. The highest BCUT2D eigenvalue weighted by Gasteiger charge is 2.39. The summed E-state index contributed by atoms with van der Waals surface area (Å²) in [7, 11) is 0. The first-order valence-corrected chi connectivity index (χ1v) is 12.5. The lowest BCUT2D eigenvalue weighted by molar-refractivity contribution is -0.136. The Morgan fingerprint density at radius 1 is 1.32 bits per heavy atom. The van der Waals surface area contributed by atoms with Crippen LogP contribution in [0.1, 0.15) is 52.9 Å². The number of fused-ring (bicyclic) bond motifs is 1. The van der Waals surface area contributed by atoms with E-state index in [9.17, 15) is 28.0 Å². The third kappa shape index (κ3) is 5.01. The average Bonchev–Trinajstić information content (AvgIpc) is 3.41. The predicted octanol–water partition coefficient (Wildman–Crippen LogP) is 3.46. The number of hydrogen-bond acceptors (Lipinski definition) is 6. The normalized spacial score (nSPS) is 25.0. The third-order valence-electron chi connectivity index (χ3n) is 6.58. The molecule has 3 heterocycles. The first-order valence-electron chi connectivity index (χ1n) is 11.6. The Morgan fingerprint density at radius 2 is 2.14 bits per heavy atom. The van der Waals surface area contributed by atoms with Crippen LogP contribution >= 0.6 is 11.3 Å². The highest BCUT2D eigenvalue weighted by molar-refractivity contribution is 7.13. The van der Waals surface area contributed by atoms with E-state index in [4.69, 9.17) is 0 Å². The number of aromatic nitrogens is 1. The summed E-state index contributed by atoms with van der Waals surface area (Å²) in [5.41, 5.74) is 0.420. The predicted molar refractivity (Wildman–Crippen MR) is 131 cm³/mol. The molecule has 1 saturated heterocycles. The number of rotatable bonds is 5. The molecule has 2 aromatic rings. The molecule has 9 nitrogen and oxygen atoms in total. The molecule has 2 aliphatic heterocycles. The third-order valence-corrected chi connectivity index (χ3v) is 7.35. The second-order valence-corrected chi connectivity index (χ2v) is 10.2. The Labute approximate surface area is 214 Å². The van der Waals surface area contributed by atoms with Crippen LogP contribution in [0.3, 0.4) is 0 Å². The van der Waals surface area contributed by atoms with Crippen LogP contribution in [0.2, 0.25) is 0 Å². The molecule has 1 aliphatic carbocycles. The summed E-state index contributed by atoms with van der Waals surface area (Å²) < 4.78 is 28.2. The number of imide groups is 1. The van der Waals surface area contributed by atoms with Gasteiger partial charge in [-0.1, -0.05) is 18.2 Å². The first-order chi connectivity index (χ1) is 17.6. The Hall–Kier alpha value is -3.93. The number of nitrogens with zero attached hydrogens (tertiary/aromatic N) is 2. The van der Waals surface area contributed by atoms with Crippen molar-refractivity contribution >= 4 is 40.2 Å². The molecule has 3 aliphatic rings. The van der Waals surface area contributed by atoms with E-state index in [-0.39, 0.29) is 42.9 Å². The zero-order valence-electron chi connectivity index (χ0n) is 19.7. The lowest BCUT2D eigenvalue weighted by atomic mass is 9.85. The molecule has 0 spiro atoms. The summed E-state index contributed by atoms with van der Waals surface area (Å²) in [6.45, 7) is 1.68. The Morgan fingerprint density at radius 3 is 2.89 bits per heavy atom. The van der Waals surface area contributed by atoms with Crippen LogP contribution in [0.25, 0.3) is 0 Å². The molecule has 0 bridgehead atoms. The van der Waals surface area contributed by atoms with E-state index in [0.717, 1.165) is 28.5 Å². The van der Waals surface area contributed by atoms with Gasteiger partial charge in [0.2, 0.25) is 11.8 Å². The molecule has 0 saturated carbocycles. The van der Waals surface area contributed by atoms with Crippen molar-refractivity contribution in [3.8, 4) is 0 Å². The van der Waals surface area contributed by atoms with Gasteiger partial charge in [0.05, 0.1) is 11.6 Å². The van der Waals surface area contributed by atoms with Gasteiger partial charge in [0, 0.05) is 30.5 Å². The van der Waals surface area contributed by atoms with Crippen molar-refractivity contribution in [3.63, 3.8) is 0 Å².